The molecule has 2 heterocycles. The fourth-order valence-corrected chi connectivity index (χ4v) is 6.07. The number of aliphatic hydroxyl groups is 1. The molecule has 4 N–H and O–H groups in total. The molecule has 47 heavy (non-hydrogen) atoms. The van der Waals surface area contributed by atoms with E-state index in [4.69, 9.17) is 4.74 Å². The van der Waals surface area contributed by atoms with E-state index in [1.165, 1.54) is 20.9 Å². The number of amides is 5. The van der Waals surface area contributed by atoms with Crippen LogP contribution >= 0.6 is 0 Å². The van der Waals surface area contributed by atoms with Crippen LogP contribution in [0.4, 0.5) is 0 Å². The number of ether oxygens (including phenoxy) is 1. The van der Waals surface area contributed by atoms with Crippen LogP contribution in [-0.4, -0.2) is 102 Å². The number of hydrogen-bond acceptors (Lipinski definition) is 7. The Morgan fingerprint density at radius 3 is 2.26 bits per heavy atom. The molecule has 1 saturated heterocycles. The van der Waals surface area contributed by atoms with Gasteiger partial charge in [-0.05, 0) is 74.3 Å². The highest BCUT2D eigenvalue weighted by Gasteiger charge is 2.39. The van der Waals surface area contributed by atoms with E-state index in [1.807, 2.05) is 55.1 Å². The molecule has 0 radical (unpaired) electrons. The standard InChI is InChI=1S/C35H47N5O7/c1-22(2)29-32(44)36-21-35(14-16-40(17-15-35)33(45)26-11-7-6-8-12-26)19-25-10-9-13-27(18-25)47-20-28(42)37-30(24(4)41)34(46)39(5)23(3)31(43)38-29/h6-13,18,22-24,29-30,41H,14-17,19-21H2,1-5H3,(H,36,44)(H,37,42)(H,38,43)/t23-,24+,29+,30-/m0/s1. The molecule has 1 fully saturated rings. The third-order valence-corrected chi connectivity index (χ3v) is 9.24. The summed E-state index contributed by atoms with van der Waals surface area (Å²) < 4.78 is 5.78. The van der Waals surface area contributed by atoms with Gasteiger partial charge in [-0.25, -0.2) is 0 Å². The number of fused-ring (bicyclic) bond motifs is 2. The summed E-state index contributed by atoms with van der Waals surface area (Å²) in [4.78, 5) is 69.3. The second-order valence-corrected chi connectivity index (χ2v) is 13.1. The van der Waals surface area contributed by atoms with Gasteiger partial charge in [-0.1, -0.05) is 44.2 Å². The van der Waals surface area contributed by atoms with Crippen LogP contribution in [-0.2, 0) is 25.6 Å². The lowest BCUT2D eigenvalue weighted by Crippen LogP contribution is -2.59. The van der Waals surface area contributed by atoms with Gasteiger partial charge in [0.25, 0.3) is 11.8 Å². The number of likely N-dealkylation sites (tertiary alicyclic amines) is 1. The lowest BCUT2D eigenvalue weighted by Gasteiger charge is -2.42. The van der Waals surface area contributed by atoms with Gasteiger partial charge in [-0.3, -0.25) is 24.0 Å². The van der Waals surface area contributed by atoms with Crippen LogP contribution in [0.15, 0.2) is 54.6 Å². The molecule has 2 bridgehead atoms. The van der Waals surface area contributed by atoms with E-state index in [9.17, 15) is 29.1 Å². The molecule has 2 aromatic rings. The van der Waals surface area contributed by atoms with Crippen molar-refractivity contribution < 1.29 is 33.8 Å². The predicted molar refractivity (Wildman–Crippen MR) is 175 cm³/mol. The van der Waals surface area contributed by atoms with Crippen molar-refractivity contribution in [3.05, 3.63) is 65.7 Å². The van der Waals surface area contributed by atoms with E-state index >= 15 is 0 Å². The molecule has 0 unspecified atom stereocenters. The molecule has 1 spiro atoms. The van der Waals surface area contributed by atoms with Crippen LogP contribution in [0.2, 0.25) is 0 Å². The molecule has 254 valence electrons. The number of nitrogens with zero attached hydrogens (tertiary/aromatic N) is 2. The first-order chi connectivity index (χ1) is 22.3. The van der Waals surface area contributed by atoms with Gasteiger partial charge < -0.3 is 35.6 Å². The third-order valence-electron chi connectivity index (χ3n) is 9.24. The van der Waals surface area contributed by atoms with Gasteiger partial charge in [0, 0.05) is 32.2 Å². The summed E-state index contributed by atoms with van der Waals surface area (Å²) in [7, 11) is 1.40. The monoisotopic (exact) mass is 649 g/mol. The topological polar surface area (TPSA) is 157 Å². The SMILES string of the molecule is CC(C)[C@H]1NC(=O)[C@H](C)N(C)C(=O)[C@H]([C@@H](C)O)NC(=O)COc2cccc(c2)CC2(CCN(C(=O)c3ccccc3)CC2)CNC1=O. The Morgan fingerprint density at radius 2 is 1.62 bits per heavy atom. The number of likely N-dealkylation sites (N-methyl/N-ethyl adjacent to an activating group) is 1. The summed E-state index contributed by atoms with van der Waals surface area (Å²) in [6.07, 6.45) is 0.579. The predicted octanol–water partition coefficient (Wildman–Crippen LogP) is 1.51. The van der Waals surface area contributed by atoms with Gasteiger partial charge >= 0.3 is 0 Å². The molecular weight excluding hydrogens is 602 g/mol. The number of carbonyl (C=O) groups excluding carboxylic acids is 5. The lowest BCUT2D eigenvalue weighted by atomic mass is 9.73. The summed E-state index contributed by atoms with van der Waals surface area (Å²) in [6.45, 7) is 7.48. The number of benzene rings is 2. The third kappa shape index (κ3) is 8.88. The van der Waals surface area contributed by atoms with Gasteiger partial charge in [0.2, 0.25) is 17.7 Å². The number of hydrogen-bond donors (Lipinski definition) is 4. The molecule has 12 nitrogen and oxygen atoms in total. The van der Waals surface area contributed by atoms with Crippen LogP contribution in [0.1, 0.15) is 56.5 Å². The van der Waals surface area contributed by atoms with E-state index < -0.39 is 54.0 Å². The van der Waals surface area contributed by atoms with Crippen LogP contribution in [0.5, 0.6) is 5.75 Å². The molecule has 2 aromatic carbocycles. The Bertz CT molecular complexity index is 1440. The molecule has 0 aliphatic carbocycles. The van der Waals surface area contributed by atoms with E-state index in [0.717, 1.165) is 10.5 Å². The summed E-state index contributed by atoms with van der Waals surface area (Å²) in [5, 5.41) is 18.8. The van der Waals surface area contributed by atoms with Crippen molar-refractivity contribution in [2.24, 2.45) is 11.3 Å². The highest BCUT2D eigenvalue weighted by molar-refractivity contribution is 5.95. The minimum Gasteiger partial charge on any atom is -0.484 e. The molecule has 4 rings (SSSR count). The first-order valence-electron chi connectivity index (χ1n) is 16.2. The number of nitrogens with one attached hydrogen (secondary N) is 3. The molecule has 12 heteroatoms. The zero-order valence-corrected chi connectivity index (χ0v) is 27.8. The number of aliphatic hydroxyl groups excluding tert-OH is 1. The van der Waals surface area contributed by atoms with Gasteiger partial charge in [0.15, 0.2) is 6.61 Å². The van der Waals surface area contributed by atoms with Gasteiger partial charge in [-0.15, -0.1) is 0 Å². The number of piperidine rings is 1. The van der Waals surface area contributed by atoms with E-state index in [-0.39, 0.29) is 17.7 Å². The maximum atomic E-state index is 13.7. The van der Waals surface area contributed by atoms with Crippen molar-refractivity contribution >= 4 is 29.5 Å². The minimum absolute atomic E-state index is 0.0350. The molecule has 2 aliphatic heterocycles. The van der Waals surface area contributed by atoms with E-state index in [2.05, 4.69) is 16.0 Å². The van der Waals surface area contributed by atoms with Crippen molar-refractivity contribution in [3.63, 3.8) is 0 Å². The Morgan fingerprint density at radius 1 is 0.936 bits per heavy atom. The first kappa shape index (κ1) is 35.4. The van der Waals surface area contributed by atoms with Crippen LogP contribution < -0.4 is 20.7 Å². The quantitative estimate of drug-likeness (QED) is 0.393. The summed E-state index contributed by atoms with van der Waals surface area (Å²) in [5.74, 6) is -2.02. The van der Waals surface area contributed by atoms with Crippen LogP contribution in [0.25, 0.3) is 0 Å². The lowest BCUT2D eigenvalue weighted by molar-refractivity contribution is -0.144. The van der Waals surface area contributed by atoms with Crippen LogP contribution in [0.3, 0.4) is 0 Å². The molecule has 4 atom stereocenters. The fraction of sp³-hybridized carbons (Fsp3) is 0.514. The highest BCUT2D eigenvalue weighted by Crippen LogP contribution is 2.36. The van der Waals surface area contributed by atoms with Crippen molar-refractivity contribution in [1.29, 1.82) is 0 Å². The van der Waals surface area contributed by atoms with E-state index in [1.54, 1.807) is 18.2 Å². The van der Waals surface area contributed by atoms with Crippen molar-refractivity contribution in [1.82, 2.24) is 25.8 Å². The van der Waals surface area contributed by atoms with Gasteiger partial charge in [0.05, 0.1) is 6.10 Å². The van der Waals surface area contributed by atoms with Crippen molar-refractivity contribution in [3.8, 4) is 5.75 Å². The van der Waals surface area contributed by atoms with Crippen molar-refractivity contribution in [2.45, 2.75) is 71.2 Å². The smallest absolute Gasteiger partial charge is 0.258 e. The Balaban J connectivity index is 1.63. The van der Waals surface area contributed by atoms with Crippen molar-refractivity contribution in [2.75, 3.05) is 33.3 Å². The normalized spacial score (nSPS) is 23.9. The average molecular weight is 650 g/mol. The molecule has 5 amide bonds. The van der Waals surface area contributed by atoms with Gasteiger partial charge in [0.1, 0.15) is 23.9 Å². The average Bonchev–Trinajstić information content (AvgIpc) is 3.06. The molecule has 2 aliphatic rings. The minimum atomic E-state index is -1.32. The fourth-order valence-electron chi connectivity index (χ4n) is 6.07. The maximum absolute atomic E-state index is 13.7. The zero-order valence-electron chi connectivity index (χ0n) is 27.8. The Labute approximate surface area is 276 Å². The zero-order chi connectivity index (χ0) is 34.3. The Hall–Kier alpha value is -4.45. The first-order valence-corrected chi connectivity index (χ1v) is 16.2. The number of rotatable bonds is 3. The second-order valence-electron chi connectivity index (χ2n) is 13.1. The second kappa shape index (κ2) is 15.4. The molecule has 0 saturated carbocycles. The van der Waals surface area contributed by atoms with Gasteiger partial charge in [-0.2, -0.15) is 0 Å². The van der Waals surface area contributed by atoms with Crippen LogP contribution in [0, 0.1) is 11.3 Å². The Kier molecular flexibility index (Phi) is 11.6. The highest BCUT2D eigenvalue weighted by atomic mass is 16.5. The summed E-state index contributed by atoms with van der Waals surface area (Å²) in [6, 6.07) is 13.3. The largest absolute Gasteiger partial charge is 0.484 e. The van der Waals surface area contributed by atoms with E-state index in [0.29, 0.717) is 50.2 Å². The number of carbonyl (C=O) groups is 5. The molecular formula is C35H47N5O7. The summed E-state index contributed by atoms with van der Waals surface area (Å²) in [5.41, 5.74) is 1.15. The molecule has 0 aromatic heterocycles. The maximum Gasteiger partial charge on any atom is 0.258 e. The summed E-state index contributed by atoms with van der Waals surface area (Å²) >= 11 is 0.